The van der Waals surface area contributed by atoms with Crippen LogP contribution in [-0.4, -0.2) is 34.3 Å². The van der Waals surface area contributed by atoms with Gasteiger partial charge in [0.25, 0.3) is 0 Å². The largest absolute Gasteiger partial charge is 0.335 e. The number of hydrogen-bond acceptors (Lipinski definition) is 4. The first kappa shape index (κ1) is 18.4. The molecule has 0 bridgehead atoms. The number of benzene rings is 1. The number of rotatable bonds is 6. The third-order valence-electron chi connectivity index (χ3n) is 4.87. The standard InChI is InChI=1S/C19H19ClFN3O2S/c20-15-3-1-4-16(21)14(15)10-24(13-6-7-13)18(26)9-12-11-27-19(22-12)23-8-2-5-17(23)25/h1,3-4,11,13H,2,5-10H2. The maximum atomic E-state index is 14.1. The van der Waals surface area contributed by atoms with E-state index in [2.05, 4.69) is 4.98 Å². The smallest absolute Gasteiger partial charge is 0.229 e. The molecular weight excluding hydrogens is 389 g/mol. The molecule has 1 aromatic heterocycles. The third kappa shape index (κ3) is 3.99. The first-order valence-electron chi connectivity index (χ1n) is 9.00. The Hall–Kier alpha value is -1.99. The molecular formula is C19H19ClFN3O2S. The van der Waals surface area contributed by atoms with Gasteiger partial charge in [0, 0.05) is 35.0 Å². The van der Waals surface area contributed by atoms with Crippen LogP contribution >= 0.6 is 22.9 Å². The molecule has 2 heterocycles. The molecule has 2 aromatic rings. The maximum Gasteiger partial charge on any atom is 0.229 e. The molecule has 1 saturated heterocycles. The van der Waals surface area contributed by atoms with Gasteiger partial charge in [-0.3, -0.25) is 14.5 Å². The predicted molar refractivity (Wildman–Crippen MR) is 102 cm³/mol. The zero-order valence-corrected chi connectivity index (χ0v) is 16.2. The van der Waals surface area contributed by atoms with Gasteiger partial charge >= 0.3 is 0 Å². The zero-order valence-electron chi connectivity index (χ0n) is 14.7. The van der Waals surface area contributed by atoms with Crippen molar-refractivity contribution in [2.75, 3.05) is 11.4 Å². The van der Waals surface area contributed by atoms with E-state index in [4.69, 9.17) is 11.6 Å². The molecule has 0 unspecified atom stereocenters. The van der Waals surface area contributed by atoms with E-state index in [0.717, 1.165) is 19.3 Å². The van der Waals surface area contributed by atoms with Gasteiger partial charge in [-0.15, -0.1) is 11.3 Å². The average molecular weight is 408 g/mol. The Bertz CT molecular complexity index is 863. The summed E-state index contributed by atoms with van der Waals surface area (Å²) < 4.78 is 14.1. The molecule has 8 heteroatoms. The van der Waals surface area contributed by atoms with E-state index < -0.39 is 5.82 Å². The molecule has 0 N–H and O–H groups in total. The first-order valence-corrected chi connectivity index (χ1v) is 10.3. The van der Waals surface area contributed by atoms with Gasteiger partial charge in [-0.25, -0.2) is 9.37 Å². The fraction of sp³-hybridized carbons (Fsp3) is 0.421. The molecule has 0 radical (unpaired) electrons. The molecule has 27 heavy (non-hydrogen) atoms. The van der Waals surface area contributed by atoms with Crippen molar-refractivity contribution in [2.24, 2.45) is 0 Å². The molecule has 2 fully saturated rings. The van der Waals surface area contributed by atoms with Crippen molar-refractivity contribution in [2.45, 2.75) is 44.7 Å². The van der Waals surface area contributed by atoms with Gasteiger partial charge in [-0.2, -0.15) is 0 Å². The van der Waals surface area contributed by atoms with Crippen molar-refractivity contribution in [1.82, 2.24) is 9.88 Å². The average Bonchev–Trinajstić information content (AvgIpc) is 3.21. The topological polar surface area (TPSA) is 53.5 Å². The summed E-state index contributed by atoms with van der Waals surface area (Å²) in [5, 5.41) is 2.80. The Kier molecular flexibility index (Phi) is 5.14. The van der Waals surface area contributed by atoms with Crippen molar-refractivity contribution in [1.29, 1.82) is 0 Å². The number of nitrogens with zero attached hydrogens (tertiary/aromatic N) is 3. The molecule has 1 aliphatic carbocycles. The molecule has 0 spiro atoms. The second-order valence-electron chi connectivity index (χ2n) is 6.90. The third-order valence-corrected chi connectivity index (χ3v) is 6.14. The van der Waals surface area contributed by atoms with E-state index in [1.807, 2.05) is 5.38 Å². The Morgan fingerprint density at radius 3 is 2.89 bits per heavy atom. The van der Waals surface area contributed by atoms with Crippen LogP contribution < -0.4 is 4.90 Å². The van der Waals surface area contributed by atoms with Crippen molar-refractivity contribution >= 4 is 39.9 Å². The highest BCUT2D eigenvalue weighted by molar-refractivity contribution is 7.14. The fourth-order valence-electron chi connectivity index (χ4n) is 3.27. The second-order valence-corrected chi connectivity index (χ2v) is 8.14. The number of anilines is 1. The fourth-order valence-corrected chi connectivity index (χ4v) is 4.36. The lowest BCUT2D eigenvalue weighted by molar-refractivity contribution is -0.131. The van der Waals surface area contributed by atoms with Crippen LogP contribution in [0.15, 0.2) is 23.6 Å². The lowest BCUT2D eigenvalue weighted by Gasteiger charge is -2.23. The highest BCUT2D eigenvalue weighted by Gasteiger charge is 2.34. The monoisotopic (exact) mass is 407 g/mol. The van der Waals surface area contributed by atoms with Crippen LogP contribution in [0.1, 0.15) is 36.9 Å². The van der Waals surface area contributed by atoms with Gasteiger partial charge in [0.1, 0.15) is 5.82 Å². The summed E-state index contributed by atoms with van der Waals surface area (Å²) in [6, 6.07) is 4.68. The van der Waals surface area contributed by atoms with Gasteiger partial charge in [-0.05, 0) is 31.4 Å². The Labute approximate surface area is 165 Å². The van der Waals surface area contributed by atoms with Gasteiger partial charge < -0.3 is 4.90 Å². The van der Waals surface area contributed by atoms with Crippen LogP contribution in [0.4, 0.5) is 9.52 Å². The zero-order chi connectivity index (χ0) is 19.0. The van der Waals surface area contributed by atoms with Crippen LogP contribution in [0.2, 0.25) is 5.02 Å². The van der Waals surface area contributed by atoms with Crippen molar-refractivity contribution in [3.63, 3.8) is 0 Å². The molecule has 1 aliphatic heterocycles. The van der Waals surface area contributed by atoms with Gasteiger partial charge in [0.05, 0.1) is 18.7 Å². The van der Waals surface area contributed by atoms with Crippen LogP contribution in [0.25, 0.3) is 0 Å². The number of thiazole rings is 1. The van der Waals surface area contributed by atoms with E-state index >= 15 is 0 Å². The Morgan fingerprint density at radius 2 is 2.22 bits per heavy atom. The molecule has 0 atom stereocenters. The van der Waals surface area contributed by atoms with E-state index in [-0.39, 0.29) is 30.8 Å². The molecule has 142 valence electrons. The van der Waals surface area contributed by atoms with E-state index in [9.17, 15) is 14.0 Å². The van der Waals surface area contributed by atoms with Gasteiger partial charge in [0.15, 0.2) is 5.13 Å². The van der Waals surface area contributed by atoms with Gasteiger partial charge in [-0.1, -0.05) is 17.7 Å². The number of carbonyl (C=O) groups excluding carboxylic acids is 2. The summed E-state index contributed by atoms with van der Waals surface area (Å²) in [6.07, 6.45) is 3.37. The van der Waals surface area contributed by atoms with E-state index in [0.29, 0.717) is 34.4 Å². The Morgan fingerprint density at radius 1 is 1.41 bits per heavy atom. The van der Waals surface area contributed by atoms with Crippen LogP contribution in [0.3, 0.4) is 0 Å². The van der Waals surface area contributed by atoms with Crippen LogP contribution in [0.5, 0.6) is 0 Å². The molecule has 2 amide bonds. The number of hydrogen-bond donors (Lipinski definition) is 0. The minimum atomic E-state index is -0.399. The van der Waals surface area contributed by atoms with Crippen LogP contribution in [0, 0.1) is 5.82 Å². The molecule has 1 saturated carbocycles. The summed E-state index contributed by atoms with van der Waals surface area (Å²) >= 11 is 7.51. The number of carbonyl (C=O) groups is 2. The molecule has 4 rings (SSSR count). The lowest BCUT2D eigenvalue weighted by atomic mass is 10.1. The molecule has 2 aliphatic rings. The predicted octanol–water partition coefficient (Wildman–Crippen LogP) is 3.80. The summed E-state index contributed by atoms with van der Waals surface area (Å²) in [4.78, 5) is 32.5. The van der Waals surface area contributed by atoms with Crippen molar-refractivity contribution in [3.05, 3.63) is 45.7 Å². The highest BCUT2D eigenvalue weighted by Crippen LogP contribution is 2.32. The SMILES string of the molecule is O=C1CCCN1c1nc(CC(=O)N(Cc2c(F)cccc2Cl)C2CC2)cs1. The normalized spacial score (nSPS) is 16.8. The quantitative estimate of drug-likeness (QED) is 0.731. The summed E-state index contributed by atoms with van der Waals surface area (Å²) in [5.74, 6) is -0.415. The summed E-state index contributed by atoms with van der Waals surface area (Å²) in [6.45, 7) is 0.844. The number of aromatic nitrogens is 1. The Balaban J connectivity index is 1.47. The van der Waals surface area contributed by atoms with E-state index in [1.54, 1.807) is 21.9 Å². The van der Waals surface area contributed by atoms with Crippen LogP contribution in [-0.2, 0) is 22.6 Å². The minimum Gasteiger partial charge on any atom is -0.335 e. The highest BCUT2D eigenvalue weighted by atomic mass is 35.5. The molecule has 5 nitrogen and oxygen atoms in total. The summed E-state index contributed by atoms with van der Waals surface area (Å²) in [7, 11) is 0. The second kappa shape index (κ2) is 7.56. The number of halogens is 2. The molecule has 1 aromatic carbocycles. The number of amides is 2. The minimum absolute atomic E-state index is 0.0797. The van der Waals surface area contributed by atoms with Gasteiger partial charge in [0.2, 0.25) is 11.8 Å². The van der Waals surface area contributed by atoms with Crippen molar-refractivity contribution < 1.29 is 14.0 Å². The lowest BCUT2D eigenvalue weighted by Crippen LogP contribution is -2.34. The maximum absolute atomic E-state index is 14.1. The van der Waals surface area contributed by atoms with E-state index in [1.165, 1.54) is 17.4 Å². The van der Waals surface area contributed by atoms with Crippen molar-refractivity contribution in [3.8, 4) is 0 Å². The summed E-state index contributed by atoms with van der Waals surface area (Å²) in [5.41, 5.74) is 0.992. The first-order chi connectivity index (χ1) is 13.0.